The summed E-state index contributed by atoms with van der Waals surface area (Å²) < 4.78 is 0. The van der Waals surface area contributed by atoms with E-state index in [1.54, 1.807) is 11.4 Å². The van der Waals surface area contributed by atoms with Crippen LogP contribution in [0.25, 0.3) is 0 Å². The third-order valence-corrected chi connectivity index (χ3v) is 6.00. The lowest BCUT2D eigenvalue weighted by atomic mass is 10.0. The third-order valence-electron chi connectivity index (χ3n) is 5.17. The fourth-order valence-electron chi connectivity index (χ4n) is 4.45. The molecular formula is C14H15NO3S. The Hall–Kier alpha value is -1.36. The van der Waals surface area contributed by atoms with Crippen molar-refractivity contribution in [2.45, 2.75) is 19.3 Å². The summed E-state index contributed by atoms with van der Waals surface area (Å²) in [6.45, 7) is 0. The minimum atomic E-state index is -0.979. The molecule has 1 aromatic rings. The van der Waals surface area contributed by atoms with Gasteiger partial charge < -0.3 is 10.4 Å². The number of fused-ring (bicyclic) bond motifs is 5. The molecule has 3 aliphatic carbocycles. The van der Waals surface area contributed by atoms with Crippen molar-refractivity contribution < 1.29 is 14.7 Å². The fourth-order valence-corrected chi connectivity index (χ4v) is 5.23. The SMILES string of the molecule is O=C(O)c1ccsc1NC(=O)C1C2C3CCC(C3)C12. The van der Waals surface area contributed by atoms with Crippen molar-refractivity contribution in [2.75, 3.05) is 5.32 Å². The van der Waals surface area contributed by atoms with Crippen LogP contribution in [0.15, 0.2) is 11.4 Å². The molecule has 4 atom stereocenters. The second-order valence-corrected chi connectivity index (χ2v) is 6.89. The number of carboxylic acids is 1. The average Bonchev–Trinajstić information content (AvgIpc) is 2.75. The molecule has 0 aromatic carbocycles. The van der Waals surface area contributed by atoms with Crippen LogP contribution in [-0.4, -0.2) is 17.0 Å². The van der Waals surface area contributed by atoms with Crippen molar-refractivity contribution in [3.05, 3.63) is 17.0 Å². The van der Waals surface area contributed by atoms with Crippen LogP contribution in [0.5, 0.6) is 0 Å². The van der Waals surface area contributed by atoms with Gasteiger partial charge in [0.2, 0.25) is 5.91 Å². The number of hydrogen-bond acceptors (Lipinski definition) is 3. The Labute approximate surface area is 114 Å². The van der Waals surface area contributed by atoms with Gasteiger partial charge in [0.15, 0.2) is 0 Å². The normalized spacial score (nSPS) is 38.0. The Kier molecular flexibility index (Phi) is 2.31. The molecule has 5 heteroatoms. The van der Waals surface area contributed by atoms with Gasteiger partial charge in [-0.2, -0.15) is 0 Å². The average molecular weight is 277 g/mol. The molecule has 100 valence electrons. The highest BCUT2D eigenvalue weighted by atomic mass is 32.1. The minimum Gasteiger partial charge on any atom is -0.478 e. The van der Waals surface area contributed by atoms with E-state index < -0.39 is 5.97 Å². The third kappa shape index (κ3) is 1.57. The van der Waals surface area contributed by atoms with E-state index >= 15 is 0 Å². The Bertz CT molecular complexity index is 551. The number of amides is 1. The lowest BCUT2D eigenvalue weighted by Crippen LogP contribution is -2.19. The number of aromatic carboxylic acids is 1. The van der Waals surface area contributed by atoms with Gasteiger partial charge in [0.25, 0.3) is 0 Å². The highest BCUT2D eigenvalue weighted by molar-refractivity contribution is 7.14. The van der Waals surface area contributed by atoms with E-state index in [0.717, 1.165) is 11.8 Å². The van der Waals surface area contributed by atoms with Crippen LogP contribution in [0.4, 0.5) is 5.00 Å². The number of carbonyl (C=O) groups is 2. The first-order chi connectivity index (χ1) is 9.16. The molecule has 2 bridgehead atoms. The maximum Gasteiger partial charge on any atom is 0.338 e. The summed E-state index contributed by atoms with van der Waals surface area (Å²) in [7, 11) is 0. The largest absolute Gasteiger partial charge is 0.478 e. The van der Waals surface area contributed by atoms with Gasteiger partial charge in [-0.15, -0.1) is 11.3 Å². The fraction of sp³-hybridized carbons (Fsp3) is 0.571. The van der Waals surface area contributed by atoms with Crippen LogP contribution in [0, 0.1) is 29.6 Å². The number of thiophene rings is 1. The molecule has 0 saturated heterocycles. The smallest absolute Gasteiger partial charge is 0.338 e. The molecule has 4 unspecified atom stereocenters. The molecule has 2 N–H and O–H groups in total. The highest BCUT2D eigenvalue weighted by Crippen LogP contribution is 2.69. The first kappa shape index (κ1) is 11.5. The van der Waals surface area contributed by atoms with E-state index in [-0.39, 0.29) is 17.4 Å². The van der Waals surface area contributed by atoms with Crippen molar-refractivity contribution in [1.82, 2.24) is 0 Å². The topological polar surface area (TPSA) is 66.4 Å². The second-order valence-electron chi connectivity index (χ2n) is 5.97. The van der Waals surface area contributed by atoms with Crippen molar-refractivity contribution in [3.8, 4) is 0 Å². The zero-order valence-electron chi connectivity index (χ0n) is 10.3. The molecule has 1 amide bonds. The van der Waals surface area contributed by atoms with Crippen LogP contribution in [0.2, 0.25) is 0 Å². The number of anilines is 1. The molecule has 4 nitrogen and oxygen atoms in total. The molecular weight excluding hydrogens is 262 g/mol. The minimum absolute atomic E-state index is 0.0385. The van der Waals surface area contributed by atoms with Crippen LogP contribution < -0.4 is 5.32 Å². The lowest BCUT2D eigenvalue weighted by molar-refractivity contribution is -0.118. The summed E-state index contributed by atoms with van der Waals surface area (Å²) in [5.41, 5.74) is 0.201. The van der Waals surface area contributed by atoms with Gasteiger partial charge in [0, 0.05) is 5.92 Å². The summed E-state index contributed by atoms with van der Waals surface area (Å²) in [4.78, 5) is 23.3. The summed E-state index contributed by atoms with van der Waals surface area (Å²) in [5.74, 6) is 1.90. The number of hydrogen-bond donors (Lipinski definition) is 2. The predicted octanol–water partition coefficient (Wildman–Crippen LogP) is 2.68. The van der Waals surface area contributed by atoms with Gasteiger partial charge in [-0.25, -0.2) is 4.79 Å². The highest BCUT2D eigenvalue weighted by Gasteiger charge is 2.67. The number of rotatable bonds is 3. The molecule has 4 rings (SSSR count). The first-order valence-corrected chi connectivity index (χ1v) is 7.66. The Balaban J connectivity index is 1.48. The molecule has 19 heavy (non-hydrogen) atoms. The van der Waals surface area contributed by atoms with Crippen LogP contribution in [0.1, 0.15) is 29.6 Å². The van der Waals surface area contributed by atoms with Crippen molar-refractivity contribution in [3.63, 3.8) is 0 Å². The van der Waals surface area contributed by atoms with E-state index in [9.17, 15) is 9.59 Å². The van der Waals surface area contributed by atoms with E-state index in [1.807, 2.05) is 0 Å². The molecule has 0 radical (unpaired) electrons. The maximum atomic E-state index is 12.3. The van der Waals surface area contributed by atoms with Gasteiger partial charge in [0.1, 0.15) is 5.00 Å². The molecule has 0 spiro atoms. The molecule has 1 aromatic heterocycles. The maximum absolute atomic E-state index is 12.3. The van der Waals surface area contributed by atoms with Gasteiger partial charge in [-0.1, -0.05) is 0 Å². The van der Waals surface area contributed by atoms with Crippen molar-refractivity contribution in [1.29, 1.82) is 0 Å². The van der Waals surface area contributed by atoms with E-state index in [2.05, 4.69) is 5.32 Å². The van der Waals surface area contributed by atoms with Crippen LogP contribution >= 0.6 is 11.3 Å². The van der Waals surface area contributed by atoms with Gasteiger partial charge >= 0.3 is 5.97 Å². The Morgan fingerprint density at radius 3 is 2.58 bits per heavy atom. The lowest BCUT2D eigenvalue weighted by Gasteiger charge is -2.09. The Morgan fingerprint density at radius 1 is 1.26 bits per heavy atom. The van der Waals surface area contributed by atoms with Gasteiger partial charge in [-0.05, 0) is 54.4 Å². The van der Waals surface area contributed by atoms with Crippen LogP contribution in [-0.2, 0) is 4.79 Å². The molecule has 3 aliphatic rings. The zero-order valence-corrected chi connectivity index (χ0v) is 11.2. The summed E-state index contributed by atoms with van der Waals surface area (Å²) in [6.07, 6.45) is 3.89. The monoisotopic (exact) mass is 277 g/mol. The summed E-state index contributed by atoms with van der Waals surface area (Å²) in [5, 5.41) is 14.0. The number of carbonyl (C=O) groups excluding carboxylic acids is 1. The van der Waals surface area contributed by atoms with Crippen molar-refractivity contribution >= 4 is 28.2 Å². The number of carboxylic acid groups (broad SMARTS) is 1. The quantitative estimate of drug-likeness (QED) is 0.892. The zero-order chi connectivity index (χ0) is 13.1. The predicted molar refractivity (Wildman–Crippen MR) is 71.2 cm³/mol. The molecule has 0 aliphatic heterocycles. The van der Waals surface area contributed by atoms with Gasteiger partial charge in [-0.3, -0.25) is 4.79 Å². The first-order valence-electron chi connectivity index (χ1n) is 6.78. The standard InChI is InChI=1S/C14H15NO3S/c16-12(15-13-8(14(17)18)3-4-19-13)11-9-6-1-2-7(5-6)10(9)11/h3-4,6-7,9-11H,1-2,5H2,(H,15,16)(H,17,18). The van der Waals surface area contributed by atoms with Crippen molar-refractivity contribution in [2.24, 2.45) is 29.6 Å². The van der Waals surface area contributed by atoms with Crippen LogP contribution in [0.3, 0.4) is 0 Å². The van der Waals surface area contributed by atoms with E-state index in [0.29, 0.717) is 16.8 Å². The number of nitrogens with one attached hydrogen (secondary N) is 1. The van der Waals surface area contributed by atoms with E-state index in [4.69, 9.17) is 5.11 Å². The molecule has 3 fully saturated rings. The Morgan fingerprint density at radius 2 is 1.95 bits per heavy atom. The van der Waals surface area contributed by atoms with Gasteiger partial charge in [0.05, 0.1) is 5.56 Å². The molecule has 3 saturated carbocycles. The summed E-state index contributed by atoms with van der Waals surface area (Å²) in [6, 6.07) is 1.54. The van der Waals surface area contributed by atoms with E-state index in [1.165, 1.54) is 30.6 Å². The summed E-state index contributed by atoms with van der Waals surface area (Å²) >= 11 is 1.28. The second kappa shape index (κ2) is 3.82. The molecule has 1 heterocycles.